The highest BCUT2D eigenvalue weighted by atomic mass is 16.5. The van der Waals surface area contributed by atoms with E-state index >= 15 is 0 Å². The second-order valence-corrected chi connectivity index (χ2v) is 14.3. The lowest BCUT2D eigenvalue weighted by Crippen LogP contribution is -1.97. The summed E-state index contributed by atoms with van der Waals surface area (Å²) >= 11 is 0. The van der Waals surface area contributed by atoms with Gasteiger partial charge in [-0.05, 0) is 120 Å². The molecule has 0 unspecified atom stereocenters. The van der Waals surface area contributed by atoms with Crippen molar-refractivity contribution in [2.45, 2.75) is 20.8 Å². The normalized spacial score (nSPS) is 11.1. The molecule has 0 saturated carbocycles. The van der Waals surface area contributed by atoms with Crippen LogP contribution in [0.5, 0.6) is 5.75 Å². The fourth-order valence-electron chi connectivity index (χ4n) is 7.12. The summed E-state index contributed by atoms with van der Waals surface area (Å²) in [6.45, 7) is 10.5. The summed E-state index contributed by atoms with van der Waals surface area (Å²) in [6.07, 6.45) is 1.80. The Hall–Kier alpha value is -7.37. The van der Waals surface area contributed by atoms with Gasteiger partial charge in [-0.1, -0.05) is 116 Å². The van der Waals surface area contributed by atoms with Crippen molar-refractivity contribution in [3.8, 4) is 73.2 Å². The third kappa shape index (κ3) is 7.27. The highest BCUT2D eigenvalue weighted by molar-refractivity contribution is 5.85. The van der Waals surface area contributed by atoms with Gasteiger partial charge in [-0.15, -0.1) is 0 Å². The topological polar surface area (TPSA) is 61.0 Å². The van der Waals surface area contributed by atoms with Crippen molar-refractivity contribution in [3.63, 3.8) is 0 Å². The molecule has 5 nitrogen and oxygen atoms in total. The van der Waals surface area contributed by atoms with E-state index in [0.29, 0.717) is 11.6 Å². The molecule has 9 rings (SSSR count). The predicted octanol–water partition coefficient (Wildman–Crippen LogP) is 13.6. The Bertz CT molecular complexity index is 2840. The van der Waals surface area contributed by atoms with Crippen LogP contribution >= 0.6 is 0 Å². The number of aromatic nitrogens is 3. The summed E-state index contributed by atoms with van der Waals surface area (Å²) < 4.78 is 12.2. The number of pyridine rings is 2. The van der Waals surface area contributed by atoms with E-state index in [9.17, 15) is 0 Å². The third-order valence-corrected chi connectivity index (χ3v) is 10.5. The molecule has 3 aromatic heterocycles. The van der Waals surface area contributed by atoms with E-state index in [0.717, 1.165) is 89.6 Å². The predicted molar refractivity (Wildman–Crippen MR) is 233 cm³/mol. The molecule has 6 aromatic carbocycles. The second kappa shape index (κ2) is 15.0. The van der Waals surface area contributed by atoms with Gasteiger partial charge in [-0.3, -0.25) is 4.98 Å². The van der Waals surface area contributed by atoms with Crippen LogP contribution in [0.15, 0.2) is 181 Å². The molecule has 0 aliphatic carbocycles. The van der Waals surface area contributed by atoms with E-state index < -0.39 is 0 Å². The Labute approximate surface area is 332 Å². The Morgan fingerprint density at radius 2 is 1.09 bits per heavy atom. The average Bonchev–Trinajstić information content (AvgIpc) is 3.71. The second-order valence-electron chi connectivity index (χ2n) is 14.3. The molecule has 57 heavy (non-hydrogen) atoms. The molecule has 0 atom stereocenters. The number of rotatable bonds is 9. The highest BCUT2D eigenvalue weighted by Crippen LogP contribution is 2.36. The molecule has 5 heteroatoms. The molecular formula is C52H39N3O2. The Morgan fingerprint density at radius 3 is 1.74 bits per heavy atom. The van der Waals surface area contributed by atoms with Crippen LogP contribution in [-0.2, 0) is 0 Å². The minimum atomic E-state index is 0.620. The van der Waals surface area contributed by atoms with Crippen molar-refractivity contribution in [1.29, 1.82) is 0 Å². The van der Waals surface area contributed by atoms with Crippen molar-refractivity contribution in [1.82, 2.24) is 15.0 Å². The van der Waals surface area contributed by atoms with Crippen molar-refractivity contribution >= 4 is 16.9 Å². The van der Waals surface area contributed by atoms with Crippen LogP contribution in [0, 0.1) is 20.8 Å². The van der Waals surface area contributed by atoms with Gasteiger partial charge in [-0.2, -0.15) is 0 Å². The zero-order valence-electron chi connectivity index (χ0n) is 32.0. The number of para-hydroxylation sites is 2. The molecule has 9 aromatic rings. The van der Waals surface area contributed by atoms with Crippen LogP contribution in [0.25, 0.3) is 84.3 Å². The number of hydrogen-bond donors (Lipinski definition) is 0. The fraction of sp³-hybridized carbons (Fsp3) is 0.0577. The van der Waals surface area contributed by atoms with E-state index in [-0.39, 0.29) is 0 Å². The van der Waals surface area contributed by atoms with Gasteiger partial charge in [-0.25, -0.2) is 9.97 Å². The number of aryl methyl sites for hydroxylation is 3. The average molecular weight is 738 g/mol. The molecule has 0 saturated heterocycles. The maximum atomic E-state index is 6.21. The molecule has 0 amide bonds. The van der Waals surface area contributed by atoms with E-state index in [2.05, 4.69) is 159 Å². The van der Waals surface area contributed by atoms with E-state index in [4.69, 9.17) is 14.1 Å². The first-order valence-corrected chi connectivity index (χ1v) is 19.0. The Kier molecular flexibility index (Phi) is 9.33. The minimum Gasteiger partial charge on any atom is -0.457 e. The minimum absolute atomic E-state index is 0.620. The zero-order chi connectivity index (χ0) is 38.9. The lowest BCUT2D eigenvalue weighted by molar-refractivity contribution is 0.512. The number of nitrogens with zero attached hydrogens (tertiary/aromatic N) is 3. The molecule has 3 heterocycles. The van der Waals surface area contributed by atoms with Gasteiger partial charge in [0.2, 0.25) is 5.89 Å². The summed E-state index contributed by atoms with van der Waals surface area (Å²) in [5.74, 6) is 2.08. The summed E-state index contributed by atoms with van der Waals surface area (Å²) in [5, 5.41) is 0. The monoisotopic (exact) mass is 737 g/mol. The smallest absolute Gasteiger partial charge is 0.227 e. The van der Waals surface area contributed by atoms with Gasteiger partial charge in [0.1, 0.15) is 17.0 Å². The van der Waals surface area contributed by atoms with Crippen LogP contribution in [-0.4, -0.2) is 15.0 Å². The maximum Gasteiger partial charge on any atom is 0.227 e. The van der Waals surface area contributed by atoms with Crippen molar-refractivity contribution in [2.75, 3.05) is 0 Å². The number of oxazole rings is 1. The van der Waals surface area contributed by atoms with E-state index in [1.165, 1.54) is 11.1 Å². The van der Waals surface area contributed by atoms with Gasteiger partial charge in [0.05, 0.1) is 17.1 Å². The standard InChI is InChI=1S/C52H39N3O2/c1-33-31-35(3)50(32-34(33)2)56-36(4)37-12-14-38(15-13-37)40-18-24-43(25-19-40)51-45(28-29-47(54-51)46-9-7-8-30-53-46)42-22-16-39(17-23-42)41-20-26-44(27-21-41)52-55-48-10-5-6-11-49(48)57-52/h5-32H,4H2,1-3H3. The molecule has 0 bridgehead atoms. The van der Waals surface area contributed by atoms with Crippen LogP contribution < -0.4 is 4.74 Å². The van der Waals surface area contributed by atoms with Crippen molar-refractivity contribution in [2.24, 2.45) is 0 Å². The third-order valence-electron chi connectivity index (χ3n) is 10.5. The van der Waals surface area contributed by atoms with Crippen molar-refractivity contribution in [3.05, 3.63) is 199 Å². The number of fused-ring (bicyclic) bond motifs is 1. The largest absolute Gasteiger partial charge is 0.457 e. The van der Waals surface area contributed by atoms with Crippen molar-refractivity contribution < 1.29 is 9.15 Å². The van der Waals surface area contributed by atoms with Crippen LogP contribution in [0.1, 0.15) is 22.3 Å². The fourth-order valence-corrected chi connectivity index (χ4v) is 7.12. The number of benzene rings is 6. The SMILES string of the molecule is C=C(Oc1cc(C)c(C)cc1C)c1ccc(-c2ccc(-c3nc(-c4ccccn4)ccc3-c3ccc(-c4ccc(-c5nc6ccccc6o5)cc4)cc3)cc2)cc1. The molecule has 0 fully saturated rings. The molecule has 0 aliphatic rings. The summed E-state index contributed by atoms with van der Waals surface area (Å²) in [4.78, 5) is 14.4. The molecule has 0 N–H and O–H groups in total. The molecular weight excluding hydrogens is 699 g/mol. The molecule has 274 valence electrons. The van der Waals surface area contributed by atoms with Gasteiger partial charge in [0, 0.05) is 28.5 Å². The first kappa shape index (κ1) is 35.3. The quantitative estimate of drug-likeness (QED) is 0.138. The Balaban J connectivity index is 0.975. The van der Waals surface area contributed by atoms with Gasteiger partial charge in [0.15, 0.2) is 5.58 Å². The number of hydrogen-bond acceptors (Lipinski definition) is 5. The molecule has 0 aliphatic heterocycles. The van der Waals surface area contributed by atoms with E-state index in [1.54, 1.807) is 6.20 Å². The van der Waals surface area contributed by atoms with Crippen LogP contribution in [0.3, 0.4) is 0 Å². The highest BCUT2D eigenvalue weighted by Gasteiger charge is 2.15. The lowest BCUT2D eigenvalue weighted by Gasteiger charge is -2.14. The first-order chi connectivity index (χ1) is 27.9. The zero-order valence-corrected chi connectivity index (χ0v) is 32.0. The van der Waals surface area contributed by atoms with Crippen LogP contribution in [0.4, 0.5) is 0 Å². The summed E-state index contributed by atoms with van der Waals surface area (Å²) in [5.41, 5.74) is 17.2. The maximum absolute atomic E-state index is 6.21. The summed E-state index contributed by atoms with van der Waals surface area (Å²) in [6, 6.07) is 56.1. The number of ether oxygens (including phenoxy) is 1. The van der Waals surface area contributed by atoms with Crippen LogP contribution in [0.2, 0.25) is 0 Å². The molecule has 0 radical (unpaired) electrons. The van der Waals surface area contributed by atoms with Gasteiger partial charge in [0.25, 0.3) is 0 Å². The van der Waals surface area contributed by atoms with E-state index in [1.807, 2.05) is 42.5 Å². The summed E-state index contributed by atoms with van der Waals surface area (Å²) in [7, 11) is 0. The lowest BCUT2D eigenvalue weighted by atomic mass is 9.95. The van der Waals surface area contributed by atoms with Gasteiger partial charge >= 0.3 is 0 Å². The first-order valence-electron chi connectivity index (χ1n) is 19.0. The van der Waals surface area contributed by atoms with Gasteiger partial charge < -0.3 is 9.15 Å². The molecule has 0 spiro atoms. The Morgan fingerprint density at radius 1 is 0.509 bits per heavy atom.